The quantitative estimate of drug-likeness (QED) is 0.606. The number of aliphatic hydroxyl groups excluding tert-OH is 1. The van der Waals surface area contributed by atoms with Gasteiger partial charge in [0.25, 0.3) is 0 Å². The Hall–Kier alpha value is -2.57. The minimum Gasteiger partial charge on any atom is -0.491 e. The molecule has 6 nitrogen and oxygen atoms in total. The van der Waals surface area contributed by atoms with Crippen molar-refractivity contribution < 1.29 is 19.4 Å². The summed E-state index contributed by atoms with van der Waals surface area (Å²) in [7, 11) is 0. The summed E-state index contributed by atoms with van der Waals surface area (Å²) in [6.07, 6.45) is 2.88. The maximum absolute atomic E-state index is 12.2. The molecule has 0 atom stereocenters. The van der Waals surface area contributed by atoms with Crippen molar-refractivity contribution in [2.45, 2.75) is 44.4 Å². The number of aliphatic hydroxyl groups is 1. The molecule has 0 aliphatic heterocycles. The summed E-state index contributed by atoms with van der Waals surface area (Å²) in [6, 6.07) is 17.2. The summed E-state index contributed by atoms with van der Waals surface area (Å²) >= 11 is 0. The van der Waals surface area contributed by atoms with Gasteiger partial charge in [0.1, 0.15) is 12.4 Å². The molecule has 0 radical (unpaired) electrons. The van der Waals surface area contributed by atoms with Crippen LogP contribution in [-0.4, -0.2) is 36.5 Å². The lowest BCUT2D eigenvalue weighted by Gasteiger charge is -2.26. The van der Waals surface area contributed by atoms with E-state index in [2.05, 4.69) is 10.6 Å². The SMILES string of the molecule is O=C(Nc1cccc(COCCOc2ccccc2)c1)NC1CCC(O)CC1. The van der Waals surface area contributed by atoms with Gasteiger partial charge in [-0.3, -0.25) is 0 Å². The number of amides is 2. The fourth-order valence-corrected chi connectivity index (χ4v) is 3.24. The number of rotatable bonds is 8. The lowest BCUT2D eigenvalue weighted by atomic mass is 9.93. The minimum atomic E-state index is -0.226. The third kappa shape index (κ3) is 6.87. The summed E-state index contributed by atoms with van der Waals surface area (Å²) < 4.78 is 11.2. The second kappa shape index (κ2) is 10.7. The average molecular weight is 384 g/mol. The van der Waals surface area contributed by atoms with Gasteiger partial charge in [0.05, 0.1) is 19.3 Å². The molecule has 0 spiro atoms. The molecule has 1 saturated carbocycles. The second-order valence-electron chi connectivity index (χ2n) is 7.02. The number of hydrogen-bond acceptors (Lipinski definition) is 4. The number of carbonyl (C=O) groups excluding carboxylic acids is 1. The zero-order valence-corrected chi connectivity index (χ0v) is 16.0. The Morgan fingerprint density at radius 2 is 1.79 bits per heavy atom. The molecular formula is C22H28N2O4. The molecule has 0 heterocycles. The topological polar surface area (TPSA) is 79.8 Å². The summed E-state index contributed by atoms with van der Waals surface area (Å²) in [5.41, 5.74) is 1.72. The van der Waals surface area contributed by atoms with Crippen molar-refractivity contribution in [2.24, 2.45) is 0 Å². The summed E-state index contributed by atoms with van der Waals surface area (Å²) in [5, 5.41) is 15.4. The van der Waals surface area contributed by atoms with Gasteiger partial charge in [0, 0.05) is 11.7 Å². The number of benzene rings is 2. The highest BCUT2D eigenvalue weighted by Gasteiger charge is 2.20. The van der Waals surface area contributed by atoms with Crippen LogP contribution in [0.2, 0.25) is 0 Å². The van der Waals surface area contributed by atoms with Crippen LogP contribution in [0.5, 0.6) is 5.75 Å². The number of ether oxygens (including phenoxy) is 2. The molecule has 0 saturated heterocycles. The first-order valence-electron chi connectivity index (χ1n) is 9.79. The highest BCUT2D eigenvalue weighted by atomic mass is 16.5. The standard InChI is InChI=1S/C22H28N2O4/c25-20-11-9-18(10-12-20)23-22(26)24-19-6-4-5-17(15-19)16-27-13-14-28-21-7-2-1-3-8-21/h1-8,15,18,20,25H,9-14,16H2,(H2,23,24,26). The molecule has 0 unspecified atom stereocenters. The van der Waals surface area contributed by atoms with Crippen LogP contribution < -0.4 is 15.4 Å². The second-order valence-corrected chi connectivity index (χ2v) is 7.02. The monoisotopic (exact) mass is 384 g/mol. The molecule has 3 N–H and O–H groups in total. The fourth-order valence-electron chi connectivity index (χ4n) is 3.24. The molecule has 28 heavy (non-hydrogen) atoms. The maximum atomic E-state index is 12.2. The van der Waals surface area contributed by atoms with Crippen molar-refractivity contribution in [3.63, 3.8) is 0 Å². The van der Waals surface area contributed by atoms with Gasteiger partial charge in [-0.05, 0) is 55.5 Å². The Bertz CT molecular complexity index is 730. The molecule has 0 bridgehead atoms. The normalized spacial score (nSPS) is 19.0. The van der Waals surface area contributed by atoms with E-state index in [4.69, 9.17) is 9.47 Å². The van der Waals surface area contributed by atoms with E-state index in [-0.39, 0.29) is 18.2 Å². The first kappa shape index (κ1) is 20.2. The molecule has 150 valence electrons. The predicted molar refractivity (Wildman–Crippen MR) is 108 cm³/mol. The molecule has 0 aromatic heterocycles. The van der Waals surface area contributed by atoms with Crippen molar-refractivity contribution >= 4 is 11.7 Å². The Labute approximate surface area is 165 Å². The van der Waals surface area contributed by atoms with Crippen LogP contribution in [0.25, 0.3) is 0 Å². The largest absolute Gasteiger partial charge is 0.491 e. The van der Waals surface area contributed by atoms with E-state index >= 15 is 0 Å². The number of para-hydroxylation sites is 1. The lowest BCUT2D eigenvalue weighted by Crippen LogP contribution is -2.40. The smallest absolute Gasteiger partial charge is 0.319 e. The van der Waals surface area contributed by atoms with E-state index in [1.807, 2.05) is 54.6 Å². The van der Waals surface area contributed by atoms with Crippen LogP contribution in [0.1, 0.15) is 31.2 Å². The van der Waals surface area contributed by atoms with Crippen LogP contribution in [-0.2, 0) is 11.3 Å². The van der Waals surface area contributed by atoms with Crippen molar-refractivity contribution in [1.82, 2.24) is 5.32 Å². The van der Waals surface area contributed by atoms with Gasteiger partial charge in [-0.1, -0.05) is 30.3 Å². The highest BCUT2D eigenvalue weighted by Crippen LogP contribution is 2.18. The van der Waals surface area contributed by atoms with Crippen molar-refractivity contribution in [3.05, 3.63) is 60.2 Å². The van der Waals surface area contributed by atoms with Gasteiger partial charge in [0.15, 0.2) is 0 Å². The van der Waals surface area contributed by atoms with Crippen molar-refractivity contribution in [1.29, 1.82) is 0 Å². The number of nitrogens with one attached hydrogen (secondary N) is 2. The van der Waals surface area contributed by atoms with Crippen LogP contribution in [0.3, 0.4) is 0 Å². The molecule has 6 heteroatoms. The number of urea groups is 1. The molecule has 3 rings (SSSR count). The zero-order valence-electron chi connectivity index (χ0n) is 16.0. The highest BCUT2D eigenvalue weighted by molar-refractivity contribution is 5.89. The Balaban J connectivity index is 1.36. The molecule has 1 fully saturated rings. The zero-order chi connectivity index (χ0) is 19.6. The molecule has 1 aliphatic carbocycles. The van der Waals surface area contributed by atoms with Gasteiger partial charge in [-0.25, -0.2) is 4.79 Å². The summed E-state index contributed by atoms with van der Waals surface area (Å²) in [5.74, 6) is 0.829. The van der Waals surface area contributed by atoms with Crippen LogP contribution in [0.4, 0.5) is 10.5 Å². The number of carbonyl (C=O) groups is 1. The molecule has 2 aromatic carbocycles. The maximum Gasteiger partial charge on any atom is 0.319 e. The van der Waals surface area contributed by atoms with Crippen molar-refractivity contribution in [2.75, 3.05) is 18.5 Å². The van der Waals surface area contributed by atoms with Crippen LogP contribution in [0, 0.1) is 0 Å². The van der Waals surface area contributed by atoms with Gasteiger partial charge in [-0.2, -0.15) is 0 Å². The minimum absolute atomic E-state index is 0.125. The van der Waals surface area contributed by atoms with Gasteiger partial charge >= 0.3 is 6.03 Å². The van der Waals surface area contributed by atoms with Gasteiger partial charge in [-0.15, -0.1) is 0 Å². The molecule has 1 aliphatic rings. The summed E-state index contributed by atoms with van der Waals surface area (Å²) in [6.45, 7) is 1.43. The third-order valence-electron chi connectivity index (χ3n) is 4.73. The van der Waals surface area contributed by atoms with Gasteiger partial charge in [0.2, 0.25) is 0 Å². The number of anilines is 1. The van der Waals surface area contributed by atoms with Crippen LogP contribution in [0.15, 0.2) is 54.6 Å². The van der Waals surface area contributed by atoms with E-state index < -0.39 is 0 Å². The first-order valence-corrected chi connectivity index (χ1v) is 9.79. The van der Waals surface area contributed by atoms with E-state index in [0.29, 0.717) is 19.8 Å². The van der Waals surface area contributed by atoms with Gasteiger partial charge < -0.3 is 25.2 Å². The average Bonchev–Trinajstić information content (AvgIpc) is 2.70. The molecular weight excluding hydrogens is 356 g/mol. The third-order valence-corrected chi connectivity index (χ3v) is 4.73. The van der Waals surface area contributed by atoms with E-state index in [1.165, 1.54) is 0 Å². The first-order chi connectivity index (χ1) is 13.7. The Morgan fingerprint density at radius 1 is 1.00 bits per heavy atom. The summed E-state index contributed by atoms with van der Waals surface area (Å²) in [4.78, 5) is 12.2. The molecule has 2 amide bonds. The Kier molecular flexibility index (Phi) is 7.70. The van der Waals surface area contributed by atoms with E-state index in [1.54, 1.807) is 0 Å². The van der Waals surface area contributed by atoms with Crippen molar-refractivity contribution in [3.8, 4) is 5.75 Å². The fraction of sp³-hybridized carbons (Fsp3) is 0.409. The molecule has 2 aromatic rings. The Morgan fingerprint density at radius 3 is 2.57 bits per heavy atom. The van der Waals surface area contributed by atoms with Crippen LogP contribution >= 0.6 is 0 Å². The van der Waals surface area contributed by atoms with E-state index in [0.717, 1.165) is 42.7 Å². The number of hydrogen-bond donors (Lipinski definition) is 3. The van der Waals surface area contributed by atoms with E-state index in [9.17, 15) is 9.90 Å². The lowest BCUT2D eigenvalue weighted by molar-refractivity contribution is 0.0889. The predicted octanol–water partition coefficient (Wildman–Crippen LogP) is 3.71.